The highest BCUT2D eigenvalue weighted by Crippen LogP contribution is 2.25. The molecule has 0 saturated carbocycles. The molecule has 0 aliphatic carbocycles. The number of amides is 1. The minimum atomic E-state index is -4.04. The Balaban J connectivity index is 2.11. The molecular weight excluding hydrogens is 436 g/mol. The maximum Gasteiger partial charge on any atom is 0.324 e. The fraction of sp³-hybridized carbons (Fsp3) is 0.263. The van der Waals surface area contributed by atoms with Crippen molar-refractivity contribution in [2.75, 3.05) is 18.2 Å². The molecule has 0 heterocycles. The predicted octanol–water partition coefficient (Wildman–Crippen LogP) is 3.05. The molecule has 2 N–H and O–H groups in total. The number of ether oxygens (including phenoxy) is 1. The first kappa shape index (κ1) is 23.2. The fourth-order valence-corrected chi connectivity index (χ4v) is 4.98. The molecule has 0 aromatic heterocycles. The van der Waals surface area contributed by atoms with Gasteiger partial charge in [-0.05, 0) is 23.8 Å². The van der Waals surface area contributed by atoms with Crippen molar-refractivity contribution in [3.63, 3.8) is 0 Å². The second kappa shape index (κ2) is 10.6. The zero-order valence-electron chi connectivity index (χ0n) is 15.8. The molecule has 0 saturated heterocycles. The smallest absolute Gasteiger partial charge is 0.324 e. The second-order valence-electron chi connectivity index (χ2n) is 6.02. The van der Waals surface area contributed by atoms with Crippen LogP contribution in [0.25, 0.3) is 0 Å². The summed E-state index contributed by atoms with van der Waals surface area (Å²) in [4.78, 5) is 23.1. The summed E-state index contributed by atoms with van der Waals surface area (Å²) in [5.41, 5.74) is 1.35. The van der Waals surface area contributed by atoms with Gasteiger partial charge in [-0.2, -0.15) is 16.5 Å². The van der Waals surface area contributed by atoms with Crippen LogP contribution in [-0.4, -0.2) is 39.2 Å². The van der Waals surface area contributed by atoms with Gasteiger partial charge in [-0.15, -0.1) is 0 Å². The highest BCUT2D eigenvalue weighted by molar-refractivity contribution is 7.98. The Labute approximate surface area is 179 Å². The number of carbonyl (C=O) groups excluding carboxylic acids is 2. The Hall–Kier alpha value is -2.07. The average Bonchev–Trinajstić information content (AvgIpc) is 2.68. The summed E-state index contributed by atoms with van der Waals surface area (Å²) in [5.74, 6) is -0.205. The maximum atomic E-state index is 12.7. The molecule has 0 aliphatic rings. The van der Waals surface area contributed by atoms with Gasteiger partial charge in [0.2, 0.25) is 15.9 Å². The lowest BCUT2D eigenvalue weighted by molar-refractivity contribution is -0.142. The van der Waals surface area contributed by atoms with Crippen molar-refractivity contribution in [2.24, 2.45) is 0 Å². The number of hydrogen-bond acceptors (Lipinski definition) is 6. The standard InChI is InChI=1S/C19H21ClN2O5S2/c1-13(23)21-17-9-8-15(10-16(17)20)29(25,26)22-18(19(24)27-2)12-28-11-14-6-4-3-5-7-14/h3-10,18,22H,11-12H2,1-2H3,(H,21,23). The lowest BCUT2D eigenvalue weighted by Gasteiger charge is -2.17. The SMILES string of the molecule is COC(=O)C(CSCc1ccccc1)NS(=O)(=O)c1ccc(NC(C)=O)c(Cl)c1. The van der Waals surface area contributed by atoms with E-state index in [-0.39, 0.29) is 21.6 Å². The summed E-state index contributed by atoms with van der Waals surface area (Å²) in [6.07, 6.45) is 0. The van der Waals surface area contributed by atoms with Crippen molar-refractivity contribution >= 4 is 50.9 Å². The van der Waals surface area contributed by atoms with Crippen molar-refractivity contribution in [3.8, 4) is 0 Å². The minimum absolute atomic E-state index is 0.0659. The number of sulfonamides is 1. The summed E-state index contributed by atoms with van der Waals surface area (Å²) in [5, 5.41) is 2.57. The van der Waals surface area contributed by atoms with Crippen molar-refractivity contribution < 1.29 is 22.7 Å². The van der Waals surface area contributed by atoms with Crippen LogP contribution >= 0.6 is 23.4 Å². The Morgan fingerprint density at radius 1 is 1.17 bits per heavy atom. The van der Waals surface area contributed by atoms with Gasteiger partial charge in [-0.25, -0.2) is 8.42 Å². The van der Waals surface area contributed by atoms with Crippen molar-refractivity contribution in [3.05, 3.63) is 59.1 Å². The van der Waals surface area contributed by atoms with Crippen LogP contribution in [0.2, 0.25) is 5.02 Å². The first-order chi connectivity index (χ1) is 13.7. The fourth-order valence-electron chi connectivity index (χ4n) is 2.37. The number of benzene rings is 2. The Morgan fingerprint density at radius 3 is 2.45 bits per heavy atom. The normalized spacial score (nSPS) is 12.2. The van der Waals surface area contributed by atoms with E-state index in [0.29, 0.717) is 11.4 Å². The lowest BCUT2D eigenvalue weighted by Crippen LogP contribution is -2.43. The van der Waals surface area contributed by atoms with Gasteiger partial charge >= 0.3 is 5.97 Å². The molecule has 1 amide bonds. The van der Waals surface area contributed by atoms with Gasteiger partial charge in [-0.3, -0.25) is 9.59 Å². The largest absolute Gasteiger partial charge is 0.468 e. The molecule has 1 unspecified atom stereocenters. The van der Waals surface area contributed by atoms with Gasteiger partial charge in [0.1, 0.15) is 6.04 Å². The Bertz CT molecular complexity index is 968. The molecule has 156 valence electrons. The number of rotatable bonds is 9. The van der Waals surface area contributed by atoms with Crippen LogP contribution in [0.3, 0.4) is 0 Å². The summed E-state index contributed by atoms with van der Waals surface area (Å²) < 4.78 is 32.5. The van der Waals surface area contributed by atoms with Gasteiger partial charge in [-0.1, -0.05) is 41.9 Å². The van der Waals surface area contributed by atoms with Crippen molar-refractivity contribution in [1.29, 1.82) is 0 Å². The van der Waals surface area contributed by atoms with E-state index in [1.807, 2.05) is 30.3 Å². The van der Waals surface area contributed by atoms with Gasteiger partial charge < -0.3 is 10.1 Å². The zero-order valence-corrected chi connectivity index (χ0v) is 18.2. The highest BCUT2D eigenvalue weighted by atomic mass is 35.5. The van der Waals surface area contributed by atoms with Crippen molar-refractivity contribution in [2.45, 2.75) is 23.6 Å². The molecule has 0 aliphatic heterocycles. The van der Waals surface area contributed by atoms with Gasteiger partial charge in [0, 0.05) is 18.4 Å². The maximum absolute atomic E-state index is 12.7. The van der Waals surface area contributed by atoms with E-state index in [9.17, 15) is 18.0 Å². The van der Waals surface area contributed by atoms with Gasteiger partial charge in [0.25, 0.3) is 0 Å². The monoisotopic (exact) mass is 456 g/mol. The number of nitrogens with one attached hydrogen (secondary N) is 2. The number of hydrogen-bond donors (Lipinski definition) is 2. The van der Waals surface area contributed by atoms with E-state index >= 15 is 0 Å². The van der Waals surface area contributed by atoms with Gasteiger partial charge in [0.15, 0.2) is 0 Å². The van der Waals surface area contributed by atoms with Crippen LogP contribution in [0.4, 0.5) is 5.69 Å². The molecule has 0 fully saturated rings. The summed E-state index contributed by atoms with van der Waals surface area (Å²) in [7, 11) is -2.84. The molecule has 1 atom stereocenters. The molecule has 2 aromatic carbocycles. The number of thioether (sulfide) groups is 1. The van der Waals surface area contributed by atoms with E-state index < -0.39 is 22.0 Å². The Kier molecular flexibility index (Phi) is 8.51. The van der Waals surface area contributed by atoms with Gasteiger partial charge in [0.05, 0.1) is 22.7 Å². The number of halogens is 1. The van der Waals surface area contributed by atoms with E-state index in [0.717, 1.165) is 5.56 Å². The topological polar surface area (TPSA) is 102 Å². The van der Waals surface area contributed by atoms with Crippen LogP contribution < -0.4 is 10.0 Å². The average molecular weight is 457 g/mol. The predicted molar refractivity (Wildman–Crippen MR) is 114 cm³/mol. The van der Waals surface area contributed by atoms with Crippen LogP contribution in [0.15, 0.2) is 53.4 Å². The third-order valence-electron chi connectivity index (χ3n) is 3.74. The second-order valence-corrected chi connectivity index (χ2v) is 9.17. The van der Waals surface area contributed by atoms with E-state index in [4.69, 9.17) is 16.3 Å². The number of carbonyl (C=O) groups is 2. The lowest BCUT2D eigenvalue weighted by atomic mass is 10.2. The number of methoxy groups -OCH3 is 1. The van der Waals surface area contributed by atoms with Crippen LogP contribution in [0.1, 0.15) is 12.5 Å². The van der Waals surface area contributed by atoms with E-state index in [1.165, 1.54) is 44.0 Å². The third kappa shape index (κ3) is 7.04. The highest BCUT2D eigenvalue weighted by Gasteiger charge is 2.27. The third-order valence-corrected chi connectivity index (χ3v) is 6.63. The van der Waals surface area contributed by atoms with E-state index in [1.54, 1.807) is 0 Å². The summed E-state index contributed by atoms with van der Waals surface area (Å²) in [6.45, 7) is 1.32. The van der Waals surface area contributed by atoms with Crippen LogP contribution in [-0.2, 0) is 30.1 Å². The first-order valence-electron chi connectivity index (χ1n) is 8.52. The molecule has 0 spiro atoms. The molecule has 2 rings (SSSR count). The molecule has 0 radical (unpaired) electrons. The van der Waals surface area contributed by atoms with E-state index in [2.05, 4.69) is 10.0 Å². The molecule has 10 heteroatoms. The van der Waals surface area contributed by atoms with Crippen LogP contribution in [0.5, 0.6) is 0 Å². The van der Waals surface area contributed by atoms with Crippen LogP contribution in [0, 0.1) is 0 Å². The quantitative estimate of drug-likeness (QED) is 0.562. The zero-order chi connectivity index (χ0) is 21.4. The molecule has 29 heavy (non-hydrogen) atoms. The molecule has 2 aromatic rings. The minimum Gasteiger partial charge on any atom is -0.468 e. The van der Waals surface area contributed by atoms with Crippen molar-refractivity contribution in [1.82, 2.24) is 4.72 Å². The summed E-state index contributed by atoms with van der Waals surface area (Å²) >= 11 is 7.46. The molecule has 0 bridgehead atoms. The first-order valence-corrected chi connectivity index (χ1v) is 11.5. The molecule has 7 nitrogen and oxygen atoms in total. The summed E-state index contributed by atoms with van der Waals surface area (Å²) in [6, 6.07) is 12.4. The molecular formula is C19H21ClN2O5S2. The number of esters is 1. The number of anilines is 1. The Morgan fingerprint density at radius 2 is 1.86 bits per heavy atom.